The van der Waals surface area contributed by atoms with Crippen molar-refractivity contribution in [3.63, 3.8) is 0 Å². The molecular formula is C11H5N5. The van der Waals surface area contributed by atoms with Crippen LogP contribution in [0.3, 0.4) is 0 Å². The molecule has 0 atom stereocenters. The van der Waals surface area contributed by atoms with Crippen molar-refractivity contribution in [2.45, 2.75) is 0 Å². The average Bonchev–Trinajstić information content (AvgIpc) is 2.30. The van der Waals surface area contributed by atoms with Crippen molar-refractivity contribution in [1.29, 1.82) is 21.3 Å². The first-order chi connectivity index (χ1) is 7.69. The van der Waals surface area contributed by atoms with Crippen LogP contribution >= 0.6 is 0 Å². The quantitative estimate of drug-likeness (QED) is 0.617. The molecule has 5 nitrogen and oxygen atoms in total. The lowest BCUT2D eigenvalue weighted by Crippen LogP contribution is -2.38. The molecule has 0 saturated heterocycles. The molecule has 5 heteroatoms. The fourth-order valence-electron chi connectivity index (χ4n) is 1.52. The fourth-order valence-corrected chi connectivity index (χ4v) is 1.52. The summed E-state index contributed by atoms with van der Waals surface area (Å²) < 4.78 is 0. The molecule has 1 heterocycles. The van der Waals surface area contributed by atoms with Gasteiger partial charge in [0.2, 0.25) is 0 Å². The van der Waals surface area contributed by atoms with Gasteiger partial charge in [0.15, 0.2) is 5.84 Å². The molecule has 0 unspecified atom stereocenters. The van der Waals surface area contributed by atoms with Crippen LogP contribution in [0.5, 0.6) is 0 Å². The lowest BCUT2D eigenvalue weighted by atomic mass is 10.0. The van der Waals surface area contributed by atoms with E-state index in [0.717, 1.165) is 0 Å². The van der Waals surface area contributed by atoms with Crippen LogP contribution in [0.2, 0.25) is 0 Å². The van der Waals surface area contributed by atoms with E-state index in [2.05, 4.69) is 4.99 Å². The van der Waals surface area contributed by atoms with E-state index in [1.54, 1.807) is 18.2 Å². The van der Waals surface area contributed by atoms with Crippen LogP contribution in [-0.4, -0.2) is 11.5 Å². The van der Waals surface area contributed by atoms with E-state index in [1.807, 2.05) is 12.1 Å². The van der Waals surface area contributed by atoms with Crippen molar-refractivity contribution < 1.29 is 0 Å². The third-order valence-corrected chi connectivity index (χ3v) is 2.24. The van der Waals surface area contributed by atoms with Gasteiger partial charge in [-0.15, -0.1) is 0 Å². The zero-order valence-corrected chi connectivity index (χ0v) is 8.07. The van der Waals surface area contributed by atoms with Gasteiger partial charge < -0.3 is 0 Å². The number of amidine groups is 1. The number of benzene rings is 1. The predicted molar refractivity (Wildman–Crippen MR) is 56.4 cm³/mol. The van der Waals surface area contributed by atoms with E-state index in [-0.39, 0.29) is 17.1 Å². The molecule has 1 aromatic carbocycles. The minimum Gasteiger partial charge on any atom is -0.296 e. The van der Waals surface area contributed by atoms with Crippen LogP contribution in [-0.2, 0) is 0 Å². The Morgan fingerprint density at radius 1 is 1.12 bits per heavy atom. The molecule has 16 heavy (non-hydrogen) atoms. The number of rotatable bonds is 0. The zero-order valence-electron chi connectivity index (χ0n) is 8.07. The summed E-state index contributed by atoms with van der Waals surface area (Å²) in [5.41, 5.74) is 0.0971. The fraction of sp³-hybridized carbons (Fsp3) is 0. The van der Waals surface area contributed by atoms with Crippen LogP contribution in [0.15, 0.2) is 23.2 Å². The van der Waals surface area contributed by atoms with Crippen LogP contribution in [0, 0.1) is 33.5 Å². The van der Waals surface area contributed by atoms with Crippen molar-refractivity contribution in [2.75, 3.05) is 0 Å². The first-order valence-corrected chi connectivity index (χ1v) is 4.39. The van der Waals surface area contributed by atoms with E-state index in [0.29, 0.717) is 16.1 Å². The molecule has 2 rings (SSSR count). The summed E-state index contributed by atoms with van der Waals surface area (Å²) in [6, 6.07) is 8.63. The molecule has 2 N–H and O–H groups in total. The van der Waals surface area contributed by atoms with Crippen LogP contribution in [0.4, 0.5) is 0 Å². The minimum atomic E-state index is -0.251. The lowest BCUT2D eigenvalue weighted by molar-refractivity contribution is 1.28. The Morgan fingerprint density at radius 3 is 2.50 bits per heavy atom. The summed E-state index contributed by atoms with van der Waals surface area (Å²) in [4.78, 5) is 3.87. The number of nitrogens with zero attached hydrogens (tertiary/aromatic N) is 3. The normalized spacial score (nSPS) is 13.5. The second-order valence-corrected chi connectivity index (χ2v) is 3.13. The highest BCUT2D eigenvalue weighted by Gasteiger charge is 2.17. The summed E-state index contributed by atoms with van der Waals surface area (Å²) >= 11 is 0. The number of fused-ring (bicyclic) bond motifs is 1. The van der Waals surface area contributed by atoms with E-state index in [1.165, 1.54) is 0 Å². The van der Waals surface area contributed by atoms with Crippen molar-refractivity contribution >= 4 is 17.1 Å². The van der Waals surface area contributed by atoms with Gasteiger partial charge in [0.25, 0.3) is 0 Å². The van der Waals surface area contributed by atoms with E-state index >= 15 is 0 Å². The highest BCUT2D eigenvalue weighted by molar-refractivity contribution is 6.56. The maximum atomic E-state index is 8.97. The molecule has 0 saturated carbocycles. The van der Waals surface area contributed by atoms with Crippen LogP contribution < -0.4 is 10.6 Å². The van der Waals surface area contributed by atoms with Crippen molar-refractivity contribution in [2.24, 2.45) is 4.99 Å². The second kappa shape index (κ2) is 3.41. The van der Waals surface area contributed by atoms with E-state index in [4.69, 9.17) is 21.3 Å². The highest BCUT2D eigenvalue weighted by Crippen LogP contribution is 2.01. The number of hydrogen-bond acceptors (Lipinski definition) is 4. The molecule has 0 radical (unpaired) electrons. The Labute approximate surface area is 90.6 Å². The van der Waals surface area contributed by atoms with Gasteiger partial charge in [-0.2, -0.15) is 10.5 Å². The monoisotopic (exact) mass is 207 g/mol. The van der Waals surface area contributed by atoms with Crippen LogP contribution in [0.1, 0.15) is 5.56 Å². The summed E-state index contributed by atoms with van der Waals surface area (Å²) in [5.74, 6) is -0.251. The molecular weight excluding hydrogens is 202 g/mol. The standard InChI is InChI=1S/C11H5N5/c12-4-6-2-1-3-8-9(6)7(5-13)10(14)11(15)16-8/h1-3,14-15H. The Kier molecular flexibility index (Phi) is 2.08. The third kappa shape index (κ3) is 1.20. The SMILES string of the molecule is N#CC1=c2c(C#N)cccc2=NC(=N)C1=N. The Morgan fingerprint density at radius 2 is 1.88 bits per heavy atom. The summed E-state index contributed by atoms with van der Waals surface area (Å²) in [6.07, 6.45) is 0. The molecule has 74 valence electrons. The Balaban J connectivity index is 3.12. The second-order valence-electron chi connectivity index (χ2n) is 3.13. The number of nitrogens with one attached hydrogen (secondary N) is 2. The van der Waals surface area contributed by atoms with Crippen molar-refractivity contribution in [1.82, 2.24) is 0 Å². The largest absolute Gasteiger partial charge is 0.296 e. The average molecular weight is 207 g/mol. The first-order valence-electron chi connectivity index (χ1n) is 4.39. The van der Waals surface area contributed by atoms with Gasteiger partial charge in [-0.25, -0.2) is 4.99 Å². The Hall–Kier alpha value is -2.79. The smallest absolute Gasteiger partial charge is 0.171 e. The van der Waals surface area contributed by atoms with Gasteiger partial charge >= 0.3 is 0 Å². The minimum absolute atomic E-state index is 0.0344. The summed E-state index contributed by atoms with van der Waals surface area (Å²) in [7, 11) is 0. The number of nitriles is 2. The van der Waals surface area contributed by atoms with Gasteiger partial charge in [-0.1, -0.05) is 6.07 Å². The highest BCUT2D eigenvalue weighted by atomic mass is 14.8. The number of hydrogen-bond donors (Lipinski definition) is 2. The van der Waals surface area contributed by atoms with Crippen molar-refractivity contribution in [3.8, 4) is 12.1 Å². The van der Waals surface area contributed by atoms with Gasteiger partial charge in [0.05, 0.1) is 22.6 Å². The molecule has 1 aromatic rings. The Bertz CT molecular complexity index is 712. The van der Waals surface area contributed by atoms with Crippen molar-refractivity contribution in [3.05, 3.63) is 34.3 Å². The van der Waals surface area contributed by atoms with E-state index < -0.39 is 0 Å². The molecule has 0 spiro atoms. The molecule has 0 aromatic heterocycles. The molecule has 1 aliphatic rings. The van der Waals surface area contributed by atoms with Gasteiger partial charge in [-0.05, 0) is 12.1 Å². The zero-order chi connectivity index (χ0) is 11.7. The summed E-state index contributed by atoms with van der Waals surface area (Å²) in [6.45, 7) is 0. The van der Waals surface area contributed by atoms with Gasteiger partial charge in [0, 0.05) is 5.22 Å². The molecule has 0 fully saturated rings. The van der Waals surface area contributed by atoms with Gasteiger partial charge in [0.1, 0.15) is 11.8 Å². The van der Waals surface area contributed by atoms with E-state index in [9.17, 15) is 0 Å². The maximum Gasteiger partial charge on any atom is 0.171 e. The molecule has 1 aliphatic heterocycles. The topological polar surface area (TPSA) is 108 Å². The molecule has 0 amide bonds. The predicted octanol–water partition coefficient (Wildman–Crippen LogP) is -0.137. The third-order valence-electron chi connectivity index (χ3n) is 2.24. The maximum absolute atomic E-state index is 8.97. The lowest BCUT2D eigenvalue weighted by Gasteiger charge is -2.06. The summed E-state index contributed by atoms with van der Waals surface area (Å²) in [5, 5.41) is 33.7. The molecule has 0 bridgehead atoms. The molecule has 0 aliphatic carbocycles. The first kappa shape index (κ1) is 9.75. The van der Waals surface area contributed by atoms with Gasteiger partial charge in [-0.3, -0.25) is 10.8 Å². The van der Waals surface area contributed by atoms with Crippen LogP contribution in [0.25, 0.3) is 5.57 Å².